The highest BCUT2D eigenvalue weighted by Crippen LogP contribution is 2.29. The van der Waals surface area contributed by atoms with Gasteiger partial charge in [-0.2, -0.15) is 0 Å². The number of aromatic nitrogens is 1. The third-order valence-electron chi connectivity index (χ3n) is 3.92. The van der Waals surface area contributed by atoms with Crippen LogP contribution in [-0.4, -0.2) is 34.2 Å². The van der Waals surface area contributed by atoms with Gasteiger partial charge in [-0.1, -0.05) is 30.3 Å². The first-order chi connectivity index (χ1) is 13.0. The molecule has 0 aliphatic rings. The summed E-state index contributed by atoms with van der Waals surface area (Å²) in [5.74, 6) is 0.848. The van der Waals surface area contributed by atoms with E-state index in [1.807, 2.05) is 35.7 Å². The lowest BCUT2D eigenvalue weighted by molar-refractivity contribution is 0.354. The number of hydrogen-bond donors (Lipinski definition) is 1. The van der Waals surface area contributed by atoms with Gasteiger partial charge in [-0.3, -0.25) is 0 Å². The Bertz CT molecular complexity index is 1000. The van der Waals surface area contributed by atoms with Crippen LogP contribution in [0.25, 0.3) is 11.3 Å². The molecule has 0 saturated heterocycles. The molecule has 0 radical (unpaired) electrons. The molecule has 0 amide bonds. The highest BCUT2D eigenvalue weighted by molar-refractivity contribution is 7.89. The van der Waals surface area contributed by atoms with E-state index in [1.165, 1.54) is 37.7 Å². The van der Waals surface area contributed by atoms with E-state index in [4.69, 9.17) is 9.47 Å². The van der Waals surface area contributed by atoms with Gasteiger partial charge in [0.05, 0.1) is 29.8 Å². The van der Waals surface area contributed by atoms with E-state index in [0.717, 1.165) is 16.3 Å². The maximum absolute atomic E-state index is 12.5. The van der Waals surface area contributed by atoms with Crippen LogP contribution in [0.1, 0.15) is 5.01 Å². The molecule has 1 aromatic heterocycles. The second-order valence-electron chi connectivity index (χ2n) is 5.66. The summed E-state index contributed by atoms with van der Waals surface area (Å²) in [6, 6.07) is 14.4. The zero-order valence-corrected chi connectivity index (χ0v) is 16.6. The molecule has 8 heteroatoms. The molecule has 6 nitrogen and oxygen atoms in total. The first-order valence-corrected chi connectivity index (χ1v) is 10.6. The number of sulfonamides is 1. The monoisotopic (exact) mass is 404 g/mol. The maximum atomic E-state index is 12.5. The smallest absolute Gasteiger partial charge is 0.240 e. The van der Waals surface area contributed by atoms with Crippen molar-refractivity contribution in [1.29, 1.82) is 0 Å². The minimum atomic E-state index is -3.64. The third kappa shape index (κ3) is 4.65. The third-order valence-corrected chi connectivity index (χ3v) is 6.28. The first kappa shape index (κ1) is 19.3. The lowest BCUT2D eigenvalue weighted by atomic mass is 10.2. The molecule has 0 unspecified atom stereocenters. The van der Waals surface area contributed by atoms with E-state index in [2.05, 4.69) is 9.71 Å². The number of thiazole rings is 1. The molecule has 1 N–H and O–H groups in total. The van der Waals surface area contributed by atoms with Crippen LogP contribution in [0.2, 0.25) is 0 Å². The topological polar surface area (TPSA) is 77.5 Å². The van der Waals surface area contributed by atoms with Crippen molar-refractivity contribution in [3.63, 3.8) is 0 Å². The maximum Gasteiger partial charge on any atom is 0.240 e. The molecule has 0 spiro atoms. The van der Waals surface area contributed by atoms with E-state index in [9.17, 15) is 8.42 Å². The van der Waals surface area contributed by atoms with Gasteiger partial charge in [0.2, 0.25) is 10.0 Å². The number of hydrogen-bond acceptors (Lipinski definition) is 6. The zero-order chi connectivity index (χ0) is 19.3. The second kappa shape index (κ2) is 8.51. The molecule has 0 saturated carbocycles. The van der Waals surface area contributed by atoms with Gasteiger partial charge in [-0.15, -0.1) is 11.3 Å². The summed E-state index contributed by atoms with van der Waals surface area (Å²) in [7, 11) is -0.673. The van der Waals surface area contributed by atoms with Crippen LogP contribution < -0.4 is 14.2 Å². The minimum Gasteiger partial charge on any atom is -0.493 e. The molecule has 0 fully saturated rings. The largest absolute Gasteiger partial charge is 0.493 e. The molecule has 142 valence electrons. The molecule has 3 rings (SSSR count). The molecular weight excluding hydrogens is 384 g/mol. The highest BCUT2D eigenvalue weighted by atomic mass is 32.2. The van der Waals surface area contributed by atoms with Crippen LogP contribution in [0.3, 0.4) is 0 Å². The van der Waals surface area contributed by atoms with Crippen molar-refractivity contribution < 1.29 is 17.9 Å². The molecule has 0 atom stereocenters. The summed E-state index contributed by atoms with van der Waals surface area (Å²) < 4.78 is 37.9. The van der Waals surface area contributed by atoms with Crippen molar-refractivity contribution in [2.45, 2.75) is 11.3 Å². The predicted octanol–water partition coefficient (Wildman–Crippen LogP) is 3.35. The van der Waals surface area contributed by atoms with Gasteiger partial charge in [0.1, 0.15) is 0 Å². The van der Waals surface area contributed by atoms with E-state index in [0.29, 0.717) is 17.9 Å². The lowest BCUT2D eigenvalue weighted by Crippen LogP contribution is -2.26. The Balaban J connectivity index is 1.64. The van der Waals surface area contributed by atoms with Crippen LogP contribution in [0.5, 0.6) is 11.5 Å². The highest BCUT2D eigenvalue weighted by Gasteiger charge is 2.17. The van der Waals surface area contributed by atoms with Crippen LogP contribution in [0, 0.1) is 0 Å². The molecule has 27 heavy (non-hydrogen) atoms. The van der Waals surface area contributed by atoms with Crippen LogP contribution in [0.15, 0.2) is 58.8 Å². The number of nitrogens with zero attached hydrogens (tertiary/aromatic N) is 1. The molecule has 2 aromatic carbocycles. The normalized spacial score (nSPS) is 11.3. The average molecular weight is 405 g/mol. The summed E-state index contributed by atoms with van der Waals surface area (Å²) in [5, 5.41) is 2.86. The fourth-order valence-corrected chi connectivity index (χ4v) is 4.38. The summed E-state index contributed by atoms with van der Waals surface area (Å²) in [5.41, 5.74) is 1.95. The second-order valence-corrected chi connectivity index (χ2v) is 8.37. The number of benzene rings is 2. The van der Waals surface area contributed by atoms with Gasteiger partial charge < -0.3 is 9.47 Å². The van der Waals surface area contributed by atoms with Gasteiger partial charge in [-0.25, -0.2) is 18.1 Å². The summed E-state index contributed by atoms with van der Waals surface area (Å²) in [4.78, 5) is 4.70. The zero-order valence-electron chi connectivity index (χ0n) is 15.0. The van der Waals surface area contributed by atoms with Gasteiger partial charge in [-0.05, 0) is 12.1 Å². The Morgan fingerprint density at radius 1 is 1.04 bits per heavy atom. The van der Waals surface area contributed by atoms with E-state index in [1.54, 1.807) is 6.07 Å². The Labute approximate surface area is 162 Å². The first-order valence-electron chi connectivity index (χ1n) is 8.25. The van der Waals surface area contributed by atoms with E-state index in [-0.39, 0.29) is 11.4 Å². The number of ether oxygens (including phenoxy) is 2. The fraction of sp³-hybridized carbons (Fsp3) is 0.211. The fourth-order valence-electron chi connectivity index (χ4n) is 2.53. The average Bonchev–Trinajstić information content (AvgIpc) is 3.17. The van der Waals surface area contributed by atoms with Crippen molar-refractivity contribution in [3.8, 4) is 22.8 Å². The SMILES string of the molecule is COc1ccc(S(=O)(=O)NCCc2nc(-c3ccccc3)cs2)cc1OC. The van der Waals surface area contributed by atoms with Crippen molar-refractivity contribution >= 4 is 21.4 Å². The van der Waals surface area contributed by atoms with Crippen molar-refractivity contribution in [2.75, 3.05) is 20.8 Å². The van der Waals surface area contributed by atoms with Gasteiger partial charge in [0.25, 0.3) is 0 Å². The van der Waals surface area contributed by atoms with Crippen molar-refractivity contribution in [2.24, 2.45) is 0 Å². The molecule has 0 bridgehead atoms. The molecule has 0 aliphatic carbocycles. The van der Waals surface area contributed by atoms with Crippen molar-refractivity contribution in [3.05, 3.63) is 58.9 Å². The molecular formula is C19H20N2O4S2. The number of nitrogens with one attached hydrogen (secondary N) is 1. The molecule has 3 aromatic rings. The van der Waals surface area contributed by atoms with Gasteiger partial charge >= 0.3 is 0 Å². The Morgan fingerprint density at radius 2 is 1.78 bits per heavy atom. The van der Waals surface area contributed by atoms with Gasteiger partial charge in [0.15, 0.2) is 11.5 Å². The summed E-state index contributed by atoms with van der Waals surface area (Å²) in [6.45, 7) is 0.262. The summed E-state index contributed by atoms with van der Waals surface area (Å²) >= 11 is 1.52. The summed E-state index contributed by atoms with van der Waals surface area (Å²) in [6.07, 6.45) is 0.518. The quantitative estimate of drug-likeness (QED) is 0.623. The molecule has 0 aliphatic heterocycles. The van der Waals surface area contributed by atoms with E-state index >= 15 is 0 Å². The lowest BCUT2D eigenvalue weighted by Gasteiger charge is -2.10. The minimum absolute atomic E-state index is 0.129. The van der Waals surface area contributed by atoms with Gasteiger partial charge in [0, 0.05) is 30.0 Å². The van der Waals surface area contributed by atoms with E-state index < -0.39 is 10.0 Å². The van der Waals surface area contributed by atoms with Crippen LogP contribution in [-0.2, 0) is 16.4 Å². The van der Waals surface area contributed by atoms with Crippen LogP contribution >= 0.6 is 11.3 Å². The Kier molecular flexibility index (Phi) is 6.10. The van der Waals surface area contributed by atoms with Crippen LogP contribution in [0.4, 0.5) is 0 Å². The number of methoxy groups -OCH3 is 2. The predicted molar refractivity (Wildman–Crippen MR) is 106 cm³/mol. The molecule has 1 heterocycles. The number of rotatable bonds is 8. The Morgan fingerprint density at radius 3 is 2.48 bits per heavy atom. The standard InChI is InChI=1S/C19H20N2O4S2/c1-24-17-9-8-15(12-18(17)25-2)27(22,23)20-11-10-19-21-16(13-26-19)14-6-4-3-5-7-14/h3-9,12-13,20H,10-11H2,1-2H3. The van der Waals surface area contributed by atoms with Crippen molar-refractivity contribution in [1.82, 2.24) is 9.71 Å². The Hall–Kier alpha value is -2.42.